The number of pyridine rings is 1. The van der Waals surface area contributed by atoms with Crippen LogP contribution in [0.15, 0.2) is 51.8 Å². The topological polar surface area (TPSA) is 93.7 Å². The Labute approximate surface area is 208 Å². The van der Waals surface area contributed by atoms with E-state index in [4.69, 9.17) is 9.15 Å². The SMILES string of the molecule is CCNC(=O)c1cc2c(-c3cc(C(C)(C)O)ccc3Oc3c(C)cc(F)cc3C)cn(C)c(=O)c2o1. The third-order valence-electron chi connectivity index (χ3n) is 6.03. The third-order valence-corrected chi connectivity index (χ3v) is 6.03. The summed E-state index contributed by atoms with van der Waals surface area (Å²) in [7, 11) is 1.59. The van der Waals surface area contributed by atoms with Crippen LogP contribution >= 0.6 is 0 Å². The lowest BCUT2D eigenvalue weighted by Gasteiger charge is -2.22. The quantitative estimate of drug-likeness (QED) is 0.380. The van der Waals surface area contributed by atoms with E-state index in [1.807, 2.05) is 0 Å². The van der Waals surface area contributed by atoms with Gasteiger partial charge in [0.25, 0.3) is 11.5 Å². The summed E-state index contributed by atoms with van der Waals surface area (Å²) < 4.78 is 27.3. The largest absolute Gasteiger partial charge is 0.456 e. The molecule has 2 aromatic heterocycles. The van der Waals surface area contributed by atoms with Gasteiger partial charge in [0.2, 0.25) is 5.58 Å². The molecule has 0 spiro atoms. The molecule has 0 aliphatic rings. The number of carbonyl (C=O) groups excluding carboxylic acids is 1. The molecule has 8 heteroatoms. The van der Waals surface area contributed by atoms with E-state index in [1.165, 1.54) is 22.8 Å². The summed E-state index contributed by atoms with van der Waals surface area (Å²) in [5.74, 6) is 0.168. The second-order valence-corrected chi connectivity index (χ2v) is 9.41. The van der Waals surface area contributed by atoms with Gasteiger partial charge < -0.3 is 24.1 Å². The van der Waals surface area contributed by atoms with Gasteiger partial charge in [-0.25, -0.2) is 4.39 Å². The van der Waals surface area contributed by atoms with Crippen LogP contribution in [0.25, 0.3) is 22.1 Å². The summed E-state index contributed by atoms with van der Waals surface area (Å²) in [6, 6.07) is 9.58. The van der Waals surface area contributed by atoms with Crippen LogP contribution in [0.3, 0.4) is 0 Å². The lowest BCUT2D eigenvalue weighted by atomic mass is 9.93. The molecule has 0 saturated heterocycles. The van der Waals surface area contributed by atoms with Crippen molar-refractivity contribution in [2.45, 2.75) is 40.2 Å². The third kappa shape index (κ3) is 4.64. The van der Waals surface area contributed by atoms with Crippen molar-refractivity contribution in [2.75, 3.05) is 6.54 Å². The number of halogens is 1. The fourth-order valence-corrected chi connectivity index (χ4v) is 4.18. The van der Waals surface area contributed by atoms with Crippen LogP contribution in [0.2, 0.25) is 0 Å². The number of amides is 1. The summed E-state index contributed by atoms with van der Waals surface area (Å²) in [4.78, 5) is 25.3. The number of rotatable bonds is 6. The highest BCUT2D eigenvalue weighted by Crippen LogP contribution is 2.41. The molecule has 188 valence electrons. The summed E-state index contributed by atoms with van der Waals surface area (Å²) in [5.41, 5.74) is 1.49. The molecule has 0 aliphatic heterocycles. The van der Waals surface area contributed by atoms with E-state index in [1.54, 1.807) is 66.1 Å². The highest BCUT2D eigenvalue weighted by atomic mass is 19.1. The number of furan rings is 1. The van der Waals surface area contributed by atoms with Gasteiger partial charge in [0.1, 0.15) is 17.3 Å². The van der Waals surface area contributed by atoms with E-state index in [9.17, 15) is 19.1 Å². The Morgan fingerprint density at radius 1 is 1.14 bits per heavy atom. The highest BCUT2D eigenvalue weighted by molar-refractivity contribution is 6.01. The smallest absolute Gasteiger partial charge is 0.293 e. The lowest BCUT2D eigenvalue weighted by Crippen LogP contribution is -2.22. The normalized spacial score (nSPS) is 11.7. The van der Waals surface area contributed by atoms with Crippen LogP contribution in [-0.4, -0.2) is 22.1 Å². The first-order chi connectivity index (χ1) is 16.9. The Kier molecular flexibility index (Phi) is 6.49. The van der Waals surface area contributed by atoms with Crippen LogP contribution in [0.4, 0.5) is 4.39 Å². The molecule has 2 heterocycles. The van der Waals surface area contributed by atoms with Crippen molar-refractivity contribution in [2.24, 2.45) is 7.05 Å². The first-order valence-corrected chi connectivity index (χ1v) is 11.6. The van der Waals surface area contributed by atoms with Crippen molar-refractivity contribution in [1.82, 2.24) is 9.88 Å². The minimum absolute atomic E-state index is 0.0164. The van der Waals surface area contributed by atoms with Gasteiger partial charge in [0.15, 0.2) is 5.76 Å². The Bertz CT molecular complexity index is 1520. The van der Waals surface area contributed by atoms with Gasteiger partial charge in [-0.1, -0.05) is 6.07 Å². The van der Waals surface area contributed by atoms with Crippen molar-refractivity contribution in [1.29, 1.82) is 0 Å². The van der Waals surface area contributed by atoms with Crippen molar-refractivity contribution >= 4 is 16.9 Å². The van der Waals surface area contributed by atoms with Crippen LogP contribution < -0.4 is 15.6 Å². The molecule has 4 aromatic rings. The molecule has 0 fully saturated rings. The minimum Gasteiger partial charge on any atom is -0.456 e. The number of aromatic nitrogens is 1. The van der Waals surface area contributed by atoms with Crippen LogP contribution in [0.5, 0.6) is 11.5 Å². The van der Waals surface area contributed by atoms with Crippen LogP contribution in [-0.2, 0) is 12.6 Å². The molecule has 0 unspecified atom stereocenters. The molecule has 0 radical (unpaired) electrons. The molecule has 2 aromatic carbocycles. The van der Waals surface area contributed by atoms with E-state index in [-0.39, 0.29) is 17.2 Å². The Hall–Kier alpha value is -3.91. The van der Waals surface area contributed by atoms with E-state index in [0.717, 1.165) is 0 Å². The van der Waals surface area contributed by atoms with Crippen molar-refractivity contribution in [3.05, 3.63) is 81.2 Å². The first kappa shape index (κ1) is 25.2. The predicted molar refractivity (Wildman–Crippen MR) is 136 cm³/mol. The lowest BCUT2D eigenvalue weighted by molar-refractivity contribution is 0.0786. The number of hydrogen-bond acceptors (Lipinski definition) is 5. The zero-order chi connectivity index (χ0) is 26.4. The van der Waals surface area contributed by atoms with Crippen LogP contribution in [0, 0.1) is 19.7 Å². The van der Waals surface area contributed by atoms with E-state index in [0.29, 0.717) is 51.2 Å². The maximum absolute atomic E-state index is 13.9. The molecule has 0 saturated carbocycles. The number of nitrogens with one attached hydrogen (secondary N) is 1. The predicted octanol–water partition coefficient (Wildman–Crippen LogP) is 5.32. The van der Waals surface area contributed by atoms with Crippen molar-refractivity contribution in [3.63, 3.8) is 0 Å². The maximum atomic E-state index is 13.9. The number of nitrogens with zero attached hydrogens (tertiary/aromatic N) is 1. The number of hydrogen-bond donors (Lipinski definition) is 2. The molecule has 1 amide bonds. The Morgan fingerprint density at radius 2 is 1.81 bits per heavy atom. The summed E-state index contributed by atoms with van der Waals surface area (Å²) >= 11 is 0. The second-order valence-electron chi connectivity index (χ2n) is 9.41. The summed E-state index contributed by atoms with van der Waals surface area (Å²) in [6.45, 7) is 9.05. The molecular weight excluding hydrogens is 463 g/mol. The van der Waals surface area contributed by atoms with E-state index >= 15 is 0 Å². The standard InChI is InChI=1S/C28H29FN2O5/c1-7-30-26(32)23-13-20-21(14-31(6)27(33)25(20)36-23)19-12-17(28(4,5)34)8-9-22(19)35-24-15(2)10-18(29)11-16(24)3/h8-14,34H,7H2,1-6H3,(H,30,32). The molecular formula is C28H29FN2O5. The van der Waals surface area contributed by atoms with Gasteiger partial charge in [-0.05, 0) is 81.6 Å². The average molecular weight is 493 g/mol. The summed E-state index contributed by atoms with van der Waals surface area (Å²) in [6.07, 6.45) is 1.64. The van der Waals surface area contributed by atoms with Gasteiger partial charge in [-0.15, -0.1) is 0 Å². The molecule has 4 rings (SSSR count). The number of carbonyl (C=O) groups is 1. The zero-order valence-electron chi connectivity index (χ0n) is 21.2. The zero-order valence-corrected chi connectivity index (χ0v) is 21.2. The Morgan fingerprint density at radius 3 is 2.42 bits per heavy atom. The summed E-state index contributed by atoms with van der Waals surface area (Å²) in [5, 5.41) is 13.8. The number of aryl methyl sites for hydroxylation is 3. The molecule has 7 nitrogen and oxygen atoms in total. The average Bonchev–Trinajstić information content (AvgIpc) is 3.24. The van der Waals surface area contributed by atoms with Gasteiger partial charge in [-0.2, -0.15) is 0 Å². The second kappa shape index (κ2) is 9.28. The molecule has 0 bridgehead atoms. The minimum atomic E-state index is -1.16. The highest BCUT2D eigenvalue weighted by Gasteiger charge is 2.24. The van der Waals surface area contributed by atoms with Gasteiger partial charge in [-0.3, -0.25) is 9.59 Å². The monoisotopic (exact) mass is 492 g/mol. The number of fused-ring (bicyclic) bond motifs is 1. The van der Waals surface area contributed by atoms with Gasteiger partial charge in [0.05, 0.1) is 5.60 Å². The number of benzene rings is 2. The van der Waals surface area contributed by atoms with Crippen LogP contribution in [0.1, 0.15) is 48.0 Å². The molecule has 2 N–H and O–H groups in total. The number of aliphatic hydroxyl groups is 1. The Balaban J connectivity index is 2.00. The fourth-order valence-electron chi connectivity index (χ4n) is 4.18. The maximum Gasteiger partial charge on any atom is 0.293 e. The number of ether oxygens (including phenoxy) is 1. The molecule has 36 heavy (non-hydrogen) atoms. The van der Waals surface area contributed by atoms with E-state index < -0.39 is 17.1 Å². The van der Waals surface area contributed by atoms with Crippen molar-refractivity contribution in [3.8, 4) is 22.6 Å². The van der Waals surface area contributed by atoms with Gasteiger partial charge >= 0.3 is 0 Å². The van der Waals surface area contributed by atoms with Gasteiger partial charge in [0, 0.05) is 36.3 Å². The molecule has 0 aliphatic carbocycles. The first-order valence-electron chi connectivity index (χ1n) is 11.6. The fraction of sp³-hybridized carbons (Fsp3) is 0.286. The molecule has 0 atom stereocenters. The van der Waals surface area contributed by atoms with E-state index in [2.05, 4.69) is 5.32 Å². The van der Waals surface area contributed by atoms with Crippen molar-refractivity contribution < 1.29 is 23.4 Å².